The van der Waals surface area contributed by atoms with E-state index in [4.69, 9.17) is 33.7 Å². The van der Waals surface area contributed by atoms with Crippen molar-refractivity contribution in [1.29, 1.82) is 0 Å². The molecule has 1 aromatic carbocycles. The first-order valence-electron chi connectivity index (χ1n) is 4.62. The minimum atomic E-state index is -0.937. The first kappa shape index (κ1) is 13.6. The Bertz CT molecular complexity index is 451. The van der Waals surface area contributed by atoms with Crippen LogP contribution >= 0.6 is 23.2 Å². The van der Waals surface area contributed by atoms with Crippen LogP contribution in [0.5, 0.6) is 5.75 Å². The van der Waals surface area contributed by atoms with Gasteiger partial charge in [0.15, 0.2) is 6.10 Å². The second-order valence-electron chi connectivity index (χ2n) is 3.19. The summed E-state index contributed by atoms with van der Waals surface area (Å²) in [7, 11) is 0. The van der Waals surface area contributed by atoms with E-state index in [1.807, 2.05) is 5.32 Å². The van der Waals surface area contributed by atoms with Crippen molar-refractivity contribution < 1.29 is 14.3 Å². The predicted molar refractivity (Wildman–Crippen MR) is 64.3 cm³/mol. The average molecular weight is 277 g/mol. The Kier molecular flexibility index (Phi) is 4.60. The lowest BCUT2D eigenvalue weighted by Crippen LogP contribution is -2.42. The number of urea groups is 1. The maximum absolute atomic E-state index is 11.3. The molecule has 0 aliphatic rings. The van der Waals surface area contributed by atoms with E-state index < -0.39 is 18.0 Å². The van der Waals surface area contributed by atoms with Gasteiger partial charge < -0.3 is 10.5 Å². The lowest BCUT2D eigenvalue weighted by molar-refractivity contribution is -0.126. The van der Waals surface area contributed by atoms with Gasteiger partial charge in [0.05, 0.1) is 5.02 Å². The van der Waals surface area contributed by atoms with Gasteiger partial charge in [-0.15, -0.1) is 0 Å². The fourth-order valence-electron chi connectivity index (χ4n) is 1.04. The first-order chi connectivity index (χ1) is 7.90. The van der Waals surface area contributed by atoms with Gasteiger partial charge in [-0.05, 0) is 25.1 Å². The molecule has 0 unspecified atom stereocenters. The molecule has 7 heteroatoms. The zero-order chi connectivity index (χ0) is 13.0. The normalized spacial score (nSPS) is 11.7. The number of halogens is 2. The third-order valence-corrected chi connectivity index (χ3v) is 2.34. The number of rotatable bonds is 3. The van der Waals surface area contributed by atoms with Crippen LogP contribution in [0.1, 0.15) is 6.92 Å². The Balaban J connectivity index is 2.70. The van der Waals surface area contributed by atoms with Gasteiger partial charge in [0, 0.05) is 5.02 Å². The zero-order valence-electron chi connectivity index (χ0n) is 8.87. The molecule has 0 aromatic heterocycles. The van der Waals surface area contributed by atoms with Gasteiger partial charge in [-0.2, -0.15) is 0 Å². The van der Waals surface area contributed by atoms with Gasteiger partial charge in [-0.25, -0.2) is 4.79 Å². The third kappa shape index (κ3) is 4.13. The molecule has 0 saturated carbocycles. The standard InChI is InChI=1S/C10H10Cl2N2O3/c1-5(9(15)14-10(13)16)17-8-3-2-6(11)4-7(8)12/h2-5H,1H3,(H3,13,14,15,16)/t5-/m0/s1. The maximum Gasteiger partial charge on any atom is 0.318 e. The van der Waals surface area contributed by atoms with E-state index >= 15 is 0 Å². The highest BCUT2D eigenvalue weighted by Crippen LogP contribution is 2.28. The number of ether oxygens (including phenoxy) is 1. The van der Waals surface area contributed by atoms with Crippen LogP contribution in [-0.2, 0) is 4.79 Å². The molecule has 92 valence electrons. The molecule has 0 bridgehead atoms. The number of imide groups is 1. The van der Waals surface area contributed by atoms with Gasteiger partial charge in [0.2, 0.25) is 0 Å². The average Bonchev–Trinajstić information content (AvgIpc) is 2.21. The topological polar surface area (TPSA) is 81.4 Å². The second-order valence-corrected chi connectivity index (χ2v) is 4.03. The summed E-state index contributed by atoms with van der Waals surface area (Å²) >= 11 is 11.6. The molecule has 0 saturated heterocycles. The number of benzene rings is 1. The fraction of sp³-hybridized carbons (Fsp3) is 0.200. The highest BCUT2D eigenvalue weighted by molar-refractivity contribution is 6.35. The molecule has 0 fully saturated rings. The highest BCUT2D eigenvalue weighted by Gasteiger charge is 2.17. The largest absolute Gasteiger partial charge is 0.479 e. The number of hydrogen-bond acceptors (Lipinski definition) is 3. The van der Waals surface area contributed by atoms with E-state index in [1.165, 1.54) is 19.1 Å². The van der Waals surface area contributed by atoms with Gasteiger partial charge >= 0.3 is 6.03 Å². The molecule has 5 nitrogen and oxygen atoms in total. The summed E-state index contributed by atoms with van der Waals surface area (Å²) in [6.45, 7) is 1.46. The number of nitrogens with two attached hydrogens (primary N) is 1. The Hall–Kier alpha value is -1.46. The van der Waals surface area contributed by atoms with Crippen molar-refractivity contribution in [2.24, 2.45) is 5.73 Å². The van der Waals surface area contributed by atoms with E-state index in [2.05, 4.69) is 0 Å². The highest BCUT2D eigenvalue weighted by atomic mass is 35.5. The molecule has 0 spiro atoms. The van der Waals surface area contributed by atoms with Gasteiger partial charge in [0.25, 0.3) is 5.91 Å². The van der Waals surface area contributed by atoms with Crippen molar-refractivity contribution >= 4 is 35.1 Å². The van der Waals surface area contributed by atoms with Crippen LogP contribution in [0.2, 0.25) is 10.0 Å². The molecular weight excluding hydrogens is 267 g/mol. The monoisotopic (exact) mass is 276 g/mol. The van der Waals surface area contributed by atoms with E-state index in [0.29, 0.717) is 10.8 Å². The Morgan fingerprint density at radius 3 is 2.59 bits per heavy atom. The van der Waals surface area contributed by atoms with Gasteiger partial charge in [-0.1, -0.05) is 23.2 Å². The summed E-state index contributed by atoms with van der Waals surface area (Å²) in [6.07, 6.45) is -0.902. The SMILES string of the molecule is C[C@H](Oc1ccc(Cl)cc1Cl)C(=O)NC(N)=O. The number of carbonyl (C=O) groups excluding carboxylic acids is 2. The second kappa shape index (κ2) is 5.75. The molecule has 3 N–H and O–H groups in total. The van der Waals surface area contributed by atoms with Crippen LogP contribution in [0.15, 0.2) is 18.2 Å². The summed E-state index contributed by atoms with van der Waals surface area (Å²) in [4.78, 5) is 21.8. The Morgan fingerprint density at radius 1 is 1.41 bits per heavy atom. The predicted octanol–water partition coefficient (Wildman–Crippen LogP) is 1.96. The molecule has 0 heterocycles. The summed E-state index contributed by atoms with van der Waals surface area (Å²) in [5.74, 6) is -0.355. The molecule has 1 rings (SSSR count). The van der Waals surface area contributed by atoms with Crippen molar-refractivity contribution in [3.05, 3.63) is 28.2 Å². The summed E-state index contributed by atoms with van der Waals surface area (Å²) in [5.41, 5.74) is 4.80. The Labute approximate surface area is 108 Å². The van der Waals surface area contributed by atoms with Crippen molar-refractivity contribution in [2.75, 3.05) is 0 Å². The smallest absolute Gasteiger partial charge is 0.318 e. The maximum atomic E-state index is 11.3. The first-order valence-corrected chi connectivity index (χ1v) is 5.37. The van der Waals surface area contributed by atoms with E-state index in [0.717, 1.165) is 0 Å². The van der Waals surface area contributed by atoms with Crippen molar-refractivity contribution in [1.82, 2.24) is 5.32 Å². The third-order valence-electron chi connectivity index (χ3n) is 1.81. The van der Waals surface area contributed by atoms with Crippen LogP contribution in [0.4, 0.5) is 4.79 Å². The van der Waals surface area contributed by atoms with Crippen LogP contribution in [0, 0.1) is 0 Å². The van der Waals surface area contributed by atoms with Crippen LogP contribution < -0.4 is 15.8 Å². The minimum Gasteiger partial charge on any atom is -0.479 e. The van der Waals surface area contributed by atoms with Gasteiger partial charge in [-0.3, -0.25) is 10.1 Å². The van der Waals surface area contributed by atoms with Crippen LogP contribution in [-0.4, -0.2) is 18.0 Å². The molecule has 1 atom stereocenters. The zero-order valence-corrected chi connectivity index (χ0v) is 10.4. The van der Waals surface area contributed by atoms with E-state index in [1.54, 1.807) is 6.07 Å². The Morgan fingerprint density at radius 2 is 2.06 bits per heavy atom. The van der Waals surface area contributed by atoms with Crippen molar-refractivity contribution in [2.45, 2.75) is 13.0 Å². The lowest BCUT2D eigenvalue weighted by Gasteiger charge is -2.14. The molecule has 1 aromatic rings. The quantitative estimate of drug-likeness (QED) is 0.886. The molecule has 0 aliphatic carbocycles. The van der Waals surface area contributed by atoms with E-state index in [9.17, 15) is 9.59 Å². The number of carbonyl (C=O) groups is 2. The summed E-state index contributed by atoms with van der Waals surface area (Å²) in [6, 6.07) is 3.64. The molecule has 0 aliphatic heterocycles. The molecular formula is C10H10Cl2N2O3. The number of hydrogen-bond donors (Lipinski definition) is 2. The number of primary amides is 1. The molecule has 17 heavy (non-hydrogen) atoms. The van der Waals surface area contributed by atoms with Crippen LogP contribution in [0.3, 0.4) is 0 Å². The fourth-order valence-corrected chi connectivity index (χ4v) is 1.49. The number of nitrogens with one attached hydrogen (secondary N) is 1. The van der Waals surface area contributed by atoms with Crippen molar-refractivity contribution in [3.63, 3.8) is 0 Å². The molecule has 0 radical (unpaired) electrons. The summed E-state index contributed by atoms with van der Waals surface area (Å²) < 4.78 is 5.25. The lowest BCUT2D eigenvalue weighted by atomic mass is 10.3. The van der Waals surface area contributed by atoms with Gasteiger partial charge in [0.1, 0.15) is 5.75 Å². The molecule has 3 amide bonds. The van der Waals surface area contributed by atoms with Crippen LogP contribution in [0.25, 0.3) is 0 Å². The number of amides is 3. The summed E-state index contributed by atoms with van der Waals surface area (Å²) in [5, 5.41) is 2.63. The van der Waals surface area contributed by atoms with E-state index in [-0.39, 0.29) is 5.02 Å². The van der Waals surface area contributed by atoms with Crippen molar-refractivity contribution in [3.8, 4) is 5.75 Å². The minimum absolute atomic E-state index is 0.274.